The lowest BCUT2D eigenvalue weighted by Gasteiger charge is -2.39. The molecule has 0 saturated carbocycles. The van der Waals surface area contributed by atoms with Crippen LogP contribution in [0, 0.1) is 0 Å². The number of benzene rings is 2. The van der Waals surface area contributed by atoms with Gasteiger partial charge in [0.1, 0.15) is 5.75 Å². The van der Waals surface area contributed by atoms with Crippen molar-refractivity contribution in [3.05, 3.63) is 65.7 Å². The molecule has 164 valence electrons. The topological polar surface area (TPSA) is 70.7 Å². The van der Waals surface area contributed by atoms with Crippen molar-refractivity contribution < 1.29 is 14.3 Å². The number of ether oxygens (including phenoxy) is 1. The van der Waals surface area contributed by atoms with Crippen molar-refractivity contribution in [3.8, 4) is 5.75 Å². The highest BCUT2D eigenvalue weighted by molar-refractivity contribution is 8.01. The van der Waals surface area contributed by atoms with Crippen LogP contribution in [-0.2, 0) is 11.2 Å². The number of nitrogens with zero attached hydrogens (tertiary/aromatic N) is 1. The molecule has 2 aliphatic heterocycles. The van der Waals surface area contributed by atoms with Gasteiger partial charge in [0.15, 0.2) is 0 Å². The SMILES string of the molecule is COc1ccccc1CCNC(=O)C1CSC2(CCN(C(=O)c3ccccc3)CC2)N1. The van der Waals surface area contributed by atoms with Crippen LogP contribution in [0.1, 0.15) is 28.8 Å². The minimum absolute atomic E-state index is 0.0436. The Balaban J connectivity index is 1.24. The summed E-state index contributed by atoms with van der Waals surface area (Å²) in [5, 5.41) is 6.62. The number of amides is 2. The van der Waals surface area contributed by atoms with Gasteiger partial charge in [0.2, 0.25) is 5.91 Å². The van der Waals surface area contributed by atoms with Gasteiger partial charge in [-0.3, -0.25) is 14.9 Å². The number of rotatable bonds is 6. The maximum atomic E-state index is 12.7. The van der Waals surface area contributed by atoms with E-state index in [4.69, 9.17) is 4.74 Å². The third kappa shape index (κ3) is 5.05. The Morgan fingerprint density at radius 3 is 2.58 bits per heavy atom. The summed E-state index contributed by atoms with van der Waals surface area (Å²) in [6, 6.07) is 17.1. The number of para-hydroxylation sites is 1. The van der Waals surface area contributed by atoms with Gasteiger partial charge in [0, 0.05) is 31.0 Å². The molecule has 1 unspecified atom stereocenters. The van der Waals surface area contributed by atoms with E-state index < -0.39 is 0 Å². The van der Waals surface area contributed by atoms with E-state index in [0.29, 0.717) is 19.6 Å². The number of carbonyl (C=O) groups excluding carboxylic acids is 2. The third-order valence-corrected chi connectivity index (χ3v) is 7.62. The van der Waals surface area contributed by atoms with Crippen LogP contribution < -0.4 is 15.4 Å². The standard InChI is InChI=1S/C24H29N3O3S/c1-30-21-10-6-5-7-18(21)11-14-25-22(28)20-17-31-24(26-20)12-15-27(16-13-24)23(29)19-8-3-2-4-9-19/h2-10,20,26H,11-17H2,1H3,(H,25,28). The Morgan fingerprint density at radius 2 is 1.84 bits per heavy atom. The van der Waals surface area contributed by atoms with Crippen LogP contribution in [-0.4, -0.2) is 60.1 Å². The van der Waals surface area contributed by atoms with E-state index in [-0.39, 0.29) is 22.7 Å². The zero-order valence-corrected chi connectivity index (χ0v) is 18.6. The van der Waals surface area contributed by atoms with Crippen molar-refractivity contribution in [2.75, 3.05) is 32.5 Å². The molecule has 0 radical (unpaired) electrons. The minimum Gasteiger partial charge on any atom is -0.496 e. The lowest BCUT2D eigenvalue weighted by atomic mass is 10.0. The van der Waals surface area contributed by atoms with Crippen molar-refractivity contribution >= 4 is 23.6 Å². The normalized spacial score (nSPS) is 19.9. The summed E-state index contributed by atoms with van der Waals surface area (Å²) < 4.78 is 5.38. The van der Waals surface area contributed by atoms with Gasteiger partial charge in [-0.15, -0.1) is 11.8 Å². The molecule has 0 aliphatic carbocycles. The fourth-order valence-corrected chi connectivity index (χ4v) is 5.68. The predicted molar refractivity (Wildman–Crippen MR) is 123 cm³/mol. The van der Waals surface area contributed by atoms with Gasteiger partial charge in [-0.25, -0.2) is 0 Å². The first kappa shape index (κ1) is 21.7. The van der Waals surface area contributed by atoms with Crippen molar-refractivity contribution in [1.29, 1.82) is 0 Å². The molecule has 31 heavy (non-hydrogen) atoms. The van der Waals surface area contributed by atoms with Gasteiger partial charge in [-0.05, 0) is 43.0 Å². The van der Waals surface area contributed by atoms with Crippen molar-refractivity contribution in [1.82, 2.24) is 15.5 Å². The molecule has 2 fully saturated rings. The lowest BCUT2D eigenvalue weighted by molar-refractivity contribution is -0.122. The van der Waals surface area contributed by atoms with Crippen molar-refractivity contribution in [2.45, 2.75) is 30.2 Å². The number of nitrogens with one attached hydrogen (secondary N) is 2. The Kier molecular flexibility index (Phi) is 6.83. The molecule has 2 N–H and O–H groups in total. The molecule has 7 heteroatoms. The zero-order chi connectivity index (χ0) is 21.7. The number of thioether (sulfide) groups is 1. The van der Waals surface area contributed by atoms with Gasteiger partial charge in [-0.2, -0.15) is 0 Å². The zero-order valence-electron chi connectivity index (χ0n) is 17.8. The molecule has 4 rings (SSSR count). The smallest absolute Gasteiger partial charge is 0.253 e. The molecule has 2 aromatic rings. The second kappa shape index (κ2) is 9.75. The molecule has 2 amide bonds. The highest BCUT2D eigenvalue weighted by Gasteiger charge is 2.44. The summed E-state index contributed by atoms with van der Waals surface area (Å²) in [4.78, 5) is 27.2. The molecule has 2 saturated heterocycles. The van der Waals surface area contributed by atoms with Crippen molar-refractivity contribution in [2.24, 2.45) is 0 Å². The number of hydrogen-bond donors (Lipinski definition) is 2. The van der Waals surface area contributed by atoms with E-state index in [2.05, 4.69) is 10.6 Å². The second-order valence-electron chi connectivity index (χ2n) is 8.01. The quantitative estimate of drug-likeness (QED) is 0.724. The monoisotopic (exact) mass is 439 g/mol. The first-order valence-electron chi connectivity index (χ1n) is 10.8. The first-order valence-corrected chi connectivity index (χ1v) is 11.7. The molecule has 6 nitrogen and oxygen atoms in total. The van der Waals surface area contributed by atoms with Crippen LogP contribution in [0.15, 0.2) is 54.6 Å². The summed E-state index contributed by atoms with van der Waals surface area (Å²) >= 11 is 1.82. The maximum Gasteiger partial charge on any atom is 0.253 e. The average Bonchev–Trinajstić information content (AvgIpc) is 3.23. The Hall–Kier alpha value is -2.51. The molecule has 2 aliphatic rings. The molecule has 2 aromatic carbocycles. The van der Waals surface area contributed by atoms with E-state index in [1.54, 1.807) is 7.11 Å². The van der Waals surface area contributed by atoms with Gasteiger partial charge in [-0.1, -0.05) is 36.4 Å². The average molecular weight is 440 g/mol. The molecule has 1 atom stereocenters. The third-order valence-electron chi connectivity index (χ3n) is 6.05. The lowest BCUT2D eigenvalue weighted by Crippen LogP contribution is -2.54. The van der Waals surface area contributed by atoms with Gasteiger partial charge in [0.25, 0.3) is 5.91 Å². The van der Waals surface area contributed by atoms with Gasteiger partial charge >= 0.3 is 0 Å². The number of piperidine rings is 1. The predicted octanol–water partition coefficient (Wildman–Crippen LogP) is 2.69. The Morgan fingerprint density at radius 1 is 1.13 bits per heavy atom. The molecular formula is C24H29N3O3S. The molecule has 0 bridgehead atoms. The molecule has 0 aromatic heterocycles. The first-order chi connectivity index (χ1) is 15.1. The fourth-order valence-electron chi connectivity index (χ4n) is 4.26. The summed E-state index contributed by atoms with van der Waals surface area (Å²) in [7, 11) is 1.66. The number of hydrogen-bond acceptors (Lipinski definition) is 5. The van der Waals surface area contributed by atoms with Crippen LogP contribution in [0.2, 0.25) is 0 Å². The molecule has 1 spiro atoms. The van der Waals surface area contributed by atoms with E-state index in [1.165, 1.54) is 0 Å². The van der Waals surface area contributed by atoms with Crippen LogP contribution in [0.25, 0.3) is 0 Å². The Labute approximate surface area is 187 Å². The van der Waals surface area contributed by atoms with Crippen molar-refractivity contribution in [3.63, 3.8) is 0 Å². The van der Waals surface area contributed by atoms with E-state index >= 15 is 0 Å². The summed E-state index contributed by atoms with van der Waals surface area (Å²) in [6.45, 7) is 1.99. The van der Waals surface area contributed by atoms with Gasteiger partial charge in [0.05, 0.1) is 18.0 Å². The van der Waals surface area contributed by atoms with Crippen LogP contribution in [0.3, 0.4) is 0 Å². The minimum atomic E-state index is -0.195. The molecular weight excluding hydrogens is 410 g/mol. The van der Waals surface area contributed by atoms with Gasteiger partial charge < -0.3 is 15.0 Å². The van der Waals surface area contributed by atoms with E-state index in [1.807, 2.05) is 71.3 Å². The highest BCUT2D eigenvalue weighted by atomic mass is 32.2. The van der Waals surface area contributed by atoms with Crippen LogP contribution >= 0.6 is 11.8 Å². The number of methoxy groups -OCH3 is 1. The summed E-state index contributed by atoms with van der Waals surface area (Å²) in [5.41, 5.74) is 1.82. The van der Waals surface area contributed by atoms with E-state index in [9.17, 15) is 9.59 Å². The summed E-state index contributed by atoms with van der Waals surface area (Å²) in [5.74, 6) is 1.74. The molecule has 2 heterocycles. The number of carbonyl (C=O) groups is 2. The maximum absolute atomic E-state index is 12.7. The highest BCUT2D eigenvalue weighted by Crippen LogP contribution is 2.39. The second-order valence-corrected chi connectivity index (χ2v) is 9.42. The van der Waals surface area contributed by atoms with E-state index in [0.717, 1.165) is 41.9 Å². The summed E-state index contributed by atoms with van der Waals surface area (Å²) in [6.07, 6.45) is 2.43. The fraction of sp³-hybridized carbons (Fsp3) is 0.417. The van der Waals surface area contributed by atoms with Crippen LogP contribution in [0.5, 0.6) is 5.75 Å². The largest absolute Gasteiger partial charge is 0.496 e. The Bertz CT molecular complexity index is 913. The number of likely N-dealkylation sites (tertiary alicyclic amines) is 1. The van der Waals surface area contributed by atoms with Crippen LogP contribution in [0.4, 0.5) is 0 Å².